The van der Waals surface area contributed by atoms with E-state index in [2.05, 4.69) is 9.88 Å². The maximum atomic E-state index is 10.9. The number of rotatable bonds is 5. The fourth-order valence-corrected chi connectivity index (χ4v) is 0.609. The van der Waals surface area contributed by atoms with Gasteiger partial charge >= 0.3 is 11.1 Å². The SMILES string of the molecule is CCC(C)C(N)C(=O)OO[N+](=O)[O-]. The van der Waals surface area contributed by atoms with Crippen LogP contribution in [0.5, 0.6) is 0 Å². The highest BCUT2D eigenvalue weighted by molar-refractivity contribution is 5.75. The Hall–Kier alpha value is -1.37. The number of nitrogens with two attached hydrogens (primary N) is 1. The molecule has 0 aliphatic heterocycles. The molecule has 0 aliphatic carbocycles. The zero-order valence-corrected chi connectivity index (χ0v) is 7.43. The van der Waals surface area contributed by atoms with Crippen molar-refractivity contribution in [2.45, 2.75) is 26.3 Å². The van der Waals surface area contributed by atoms with Gasteiger partial charge in [0.2, 0.25) is 0 Å². The topological polar surface area (TPSA) is 105 Å². The van der Waals surface area contributed by atoms with Gasteiger partial charge < -0.3 is 5.73 Å². The van der Waals surface area contributed by atoms with E-state index >= 15 is 0 Å². The number of hydrogen-bond donors (Lipinski definition) is 1. The molecule has 2 atom stereocenters. The van der Waals surface area contributed by atoms with E-state index < -0.39 is 17.1 Å². The van der Waals surface area contributed by atoms with Crippen molar-refractivity contribution in [2.75, 3.05) is 0 Å². The summed E-state index contributed by atoms with van der Waals surface area (Å²) in [5, 5.41) is 8.41. The highest BCUT2D eigenvalue weighted by Crippen LogP contribution is 2.06. The minimum Gasteiger partial charge on any atom is -0.318 e. The predicted molar refractivity (Wildman–Crippen MR) is 41.6 cm³/mol. The third-order valence-corrected chi connectivity index (χ3v) is 1.71. The molecule has 0 rings (SSSR count). The molecule has 76 valence electrons. The van der Waals surface area contributed by atoms with Gasteiger partial charge in [0.25, 0.3) is 0 Å². The molecule has 0 radical (unpaired) electrons. The van der Waals surface area contributed by atoms with Gasteiger partial charge in [-0.2, -0.15) is 0 Å². The molecule has 0 aromatic rings. The van der Waals surface area contributed by atoms with Crippen molar-refractivity contribution < 1.29 is 19.8 Å². The van der Waals surface area contributed by atoms with E-state index in [4.69, 9.17) is 5.73 Å². The summed E-state index contributed by atoms with van der Waals surface area (Å²) in [6.07, 6.45) is 0.675. The van der Waals surface area contributed by atoms with Gasteiger partial charge in [0.15, 0.2) is 0 Å². The van der Waals surface area contributed by atoms with Crippen LogP contribution in [-0.2, 0) is 14.7 Å². The van der Waals surface area contributed by atoms with Gasteiger partial charge in [-0.15, -0.1) is 10.1 Å². The Morgan fingerprint density at radius 2 is 2.23 bits per heavy atom. The summed E-state index contributed by atoms with van der Waals surface area (Å²) in [4.78, 5) is 27.7. The third kappa shape index (κ3) is 4.26. The molecule has 2 N–H and O–H groups in total. The molecule has 7 heteroatoms. The average Bonchev–Trinajstić information content (AvgIpc) is 2.11. The minimum atomic E-state index is -1.22. The summed E-state index contributed by atoms with van der Waals surface area (Å²) < 4.78 is 0. The summed E-state index contributed by atoms with van der Waals surface area (Å²) in [7, 11) is 0. The lowest BCUT2D eigenvalue weighted by Crippen LogP contribution is -2.38. The van der Waals surface area contributed by atoms with E-state index in [1.165, 1.54) is 0 Å². The Bertz CT molecular complexity index is 195. The molecule has 0 heterocycles. The number of hydrogen-bond acceptors (Lipinski definition) is 6. The van der Waals surface area contributed by atoms with Gasteiger partial charge in [0, 0.05) is 0 Å². The van der Waals surface area contributed by atoms with Gasteiger partial charge in [0.05, 0.1) is 0 Å². The first-order valence-corrected chi connectivity index (χ1v) is 3.77. The Morgan fingerprint density at radius 3 is 2.62 bits per heavy atom. The summed E-state index contributed by atoms with van der Waals surface area (Å²) in [5.74, 6) is -1.05. The first-order valence-electron chi connectivity index (χ1n) is 3.77. The summed E-state index contributed by atoms with van der Waals surface area (Å²) >= 11 is 0. The smallest absolute Gasteiger partial charge is 0.318 e. The molecule has 0 aromatic carbocycles. The molecule has 0 aliphatic rings. The molecule has 0 saturated carbocycles. The van der Waals surface area contributed by atoms with Crippen molar-refractivity contribution in [1.82, 2.24) is 0 Å². The van der Waals surface area contributed by atoms with E-state index in [1.54, 1.807) is 6.92 Å². The van der Waals surface area contributed by atoms with Crippen molar-refractivity contribution in [2.24, 2.45) is 11.7 Å². The van der Waals surface area contributed by atoms with Crippen LogP contribution in [0, 0.1) is 16.0 Å². The third-order valence-electron chi connectivity index (χ3n) is 1.71. The van der Waals surface area contributed by atoms with Crippen molar-refractivity contribution in [3.05, 3.63) is 10.1 Å². The standard InChI is InChI=1S/C6H12N2O5/c1-3-4(2)5(7)6(9)12-13-8(10)11/h4-5H,3,7H2,1-2H3. The zero-order chi connectivity index (χ0) is 10.4. The number of carbonyl (C=O) groups excluding carboxylic acids is 1. The van der Waals surface area contributed by atoms with Crippen LogP contribution < -0.4 is 5.73 Å². The second-order valence-corrected chi connectivity index (χ2v) is 2.61. The van der Waals surface area contributed by atoms with Gasteiger partial charge in [-0.05, 0) is 5.92 Å². The normalized spacial score (nSPS) is 14.4. The summed E-state index contributed by atoms with van der Waals surface area (Å²) in [5.41, 5.74) is 5.38. The first kappa shape index (κ1) is 11.6. The maximum Gasteiger partial charge on any atom is 0.359 e. The average molecular weight is 192 g/mol. The summed E-state index contributed by atoms with van der Waals surface area (Å²) in [6.45, 7) is 3.57. The van der Waals surface area contributed by atoms with Crippen molar-refractivity contribution in [3.63, 3.8) is 0 Å². The fraction of sp³-hybridized carbons (Fsp3) is 0.833. The van der Waals surface area contributed by atoms with E-state index in [0.29, 0.717) is 6.42 Å². The molecule has 0 saturated heterocycles. The van der Waals surface area contributed by atoms with Crippen LogP contribution in [0.15, 0.2) is 0 Å². The molecular formula is C6H12N2O5. The lowest BCUT2D eigenvalue weighted by molar-refractivity contribution is -0.839. The highest BCUT2D eigenvalue weighted by Gasteiger charge is 2.22. The van der Waals surface area contributed by atoms with Gasteiger partial charge in [-0.25, -0.2) is 4.79 Å². The predicted octanol–water partition coefficient (Wildman–Crippen LogP) is 0.0263. The van der Waals surface area contributed by atoms with Gasteiger partial charge in [0.1, 0.15) is 6.04 Å². The first-order chi connectivity index (χ1) is 5.99. The second kappa shape index (κ2) is 5.31. The maximum absolute atomic E-state index is 10.9. The Morgan fingerprint density at radius 1 is 1.69 bits per heavy atom. The van der Waals surface area contributed by atoms with E-state index in [9.17, 15) is 14.9 Å². The Labute approximate surface area is 74.8 Å². The van der Waals surface area contributed by atoms with Crippen LogP contribution in [0.2, 0.25) is 0 Å². The van der Waals surface area contributed by atoms with Crippen LogP contribution >= 0.6 is 0 Å². The molecule has 0 spiro atoms. The molecule has 7 nitrogen and oxygen atoms in total. The molecule has 0 amide bonds. The van der Waals surface area contributed by atoms with E-state index in [-0.39, 0.29) is 5.92 Å². The monoisotopic (exact) mass is 192 g/mol. The Balaban J connectivity index is 3.89. The molecular weight excluding hydrogens is 180 g/mol. The molecule has 13 heavy (non-hydrogen) atoms. The minimum absolute atomic E-state index is 0.108. The van der Waals surface area contributed by atoms with Gasteiger partial charge in [-0.1, -0.05) is 25.3 Å². The fourth-order valence-electron chi connectivity index (χ4n) is 0.609. The zero-order valence-electron chi connectivity index (χ0n) is 7.43. The van der Waals surface area contributed by atoms with E-state index in [0.717, 1.165) is 0 Å². The summed E-state index contributed by atoms with van der Waals surface area (Å²) in [6, 6.07) is -0.898. The molecule has 0 fully saturated rings. The Kier molecular flexibility index (Phi) is 4.75. The second-order valence-electron chi connectivity index (χ2n) is 2.61. The number of nitrogens with zero attached hydrogens (tertiary/aromatic N) is 1. The van der Waals surface area contributed by atoms with Crippen molar-refractivity contribution in [1.29, 1.82) is 0 Å². The van der Waals surface area contributed by atoms with Crippen LogP contribution in [0.4, 0.5) is 0 Å². The van der Waals surface area contributed by atoms with Gasteiger partial charge in [-0.3, -0.25) is 4.89 Å². The molecule has 0 bridgehead atoms. The van der Waals surface area contributed by atoms with Crippen molar-refractivity contribution in [3.8, 4) is 0 Å². The van der Waals surface area contributed by atoms with Crippen molar-refractivity contribution >= 4 is 5.97 Å². The largest absolute Gasteiger partial charge is 0.359 e. The lowest BCUT2D eigenvalue weighted by atomic mass is 10.0. The lowest BCUT2D eigenvalue weighted by Gasteiger charge is -2.14. The van der Waals surface area contributed by atoms with Crippen LogP contribution in [0.1, 0.15) is 20.3 Å². The van der Waals surface area contributed by atoms with E-state index in [1.807, 2.05) is 6.92 Å². The quantitative estimate of drug-likeness (QED) is 0.374. The molecule has 2 unspecified atom stereocenters. The van der Waals surface area contributed by atoms with Crippen LogP contribution in [0.3, 0.4) is 0 Å². The van der Waals surface area contributed by atoms with Crippen LogP contribution in [0.25, 0.3) is 0 Å². The molecule has 0 aromatic heterocycles. The number of carbonyl (C=O) groups is 1. The highest BCUT2D eigenvalue weighted by atomic mass is 17.3. The van der Waals surface area contributed by atoms with Crippen LogP contribution in [-0.4, -0.2) is 17.1 Å².